The van der Waals surface area contributed by atoms with Crippen LogP contribution in [0.15, 0.2) is 0 Å². The topological polar surface area (TPSA) is 37.4 Å². The molecule has 13 heavy (non-hydrogen) atoms. The third-order valence-corrected chi connectivity index (χ3v) is 1.99. The summed E-state index contributed by atoms with van der Waals surface area (Å²) < 4.78 is 0. The van der Waals surface area contributed by atoms with E-state index in [1.807, 2.05) is 13.8 Å². The molecule has 76 valence electrons. The Morgan fingerprint density at radius 3 is 2.23 bits per heavy atom. The van der Waals surface area contributed by atoms with Gasteiger partial charge < -0.3 is 9.69 Å². The molecule has 3 heteroatoms. The van der Waals surface area contributed by atoms with Crippen molar-refractivity contribution < 1.29 is 9.59 Å². The van der Waals surface area contributed by atoms with Crippen molar-refractivity contribution in [3.8, 4) is 0 Å². The lowest BCUT2D eigenvalue weighted by atomic mass is 10.2. The van der Waals surface area contributed by atoms with E-state index < -0.39 is 0 Å². The van der Waals surface area contributed by atoms with Crippen LogP contribution in [0.2, 0.25) is 0 Å². The molecule has 0 aromatic carbocycles. The molecule has 0 bridgehead atoms. The summed E-state index contributed by atoms with van der Waals surface area (Å²) in [6.45, 7) is 6.85. The molecule has 0 atom stereocenters. The number of nitrogens with zero attached hydrogens (tertiary/aromatic N) is 1. The molecule has 0 saturated heterocycles. The molecule has 0 spiro atoms. The molecule has 0 N–H and O–H groups in total. The monoisotopic (exact) mass is 185 g/mol. The fraction of sp³-hybridized carbons (Fsp3) is 0.800. The van der Waals surface area contributed by atoms with Crippen molar-refractivity contribution in [2.24, 2.45) is 0 Å². The Bertz CT molecular complexity index is 178. The van der Waals surface area contributed by atoms with E-state index in [0.717, 1.165) is 13.0 Å². The van der Waals surface area contributed by atoms with Crippen LogP contribution in [0.1, 0.15) is 40.0 Å². The zero-order valence-electron chi connectivity index (χ0n) is 8.80. The van der Waals surface area contributed by atoms with E-state index in [-0.39, 0.29) is 11.7 Å². The summed E-state index contributed by atoms with van der Waals surface area (Å²) in [5.41, 5.74) is 0. The first-order chi connectivity index (χ1) is 6.11. The second-order valence-electron chi connectivity index (χ2n) is 3.13. The van der Waals surface area contributed by atoms with E-state index in [9.17, 15) is 9.59 Å². The minimum Gasteiger partial charge on any atom is -0.343 e. The molecular formula is C10H19NO2. The number of hydrogen-bond acceptors (Lipinski definition) is 2. The van der Waals surface area contributed by atoms with Gasteiger partial charge in [0.25, 0.3) is 0 Å². The van der Waals surface area contributed by atoms with E-state index in [2.05, 4.69) is 0 Å². The Morgan fingerprint density at radius 1 is 1.23 bits per heavy atom. The van der Waals surface area contributed by atoms with Crippen molar-refractivity contribution in [1.82, 2.24) is 4.90 Å². The highest BCUT2D eigenvalue weighted by molar-refractivity contribution is 5.76. The minimum atomic E-state index is 0.172. The summed E-state index contributed by atoms with van der Waals surface area (Å²) in [5.74, 6) is 0.367. The molecule has 0 aliphatic carbocycles. The zero-order chi connectivity index (χ0) is 10.3. The maximum Gasteiger partial charge on any atom is 0.222 e. The average Bonchev–Trinajstić information content (AvgIpc) is 2.11. The lowest BCUT2D eigenvalue weighted by Gasteiger charge is -2.19. The van der Waals surface area contributed by atoms with Crippen LogP contribution < -0.4 is 0 Å². The molecule has 0 aliphatic heterocycles. The van der Waals surface area contributed by atoms with Crippen LogP contribution in [0, 0.1) is 0 Å². The maximum atomic E-state index is 11.3. The van der Waals surface area contributed by atoms with Crippen molar-refractivity contribution in [3.63, 3.8) is 0 Å². The van der Waals surface area contributed by atoms with Gasteiger partial charge in [-0.15, -0.1) is 0 Å². The quantitative estimate of drug-likeness (QED) is 0.630. The van der Waals surface area contributed by atoms with Gasteiger partial charge in [-0.25, -0.2) is 0 Å². The van der Waals surface area contributed by atoms with E-state index in [0.29, 0.717) is 19.4 Å². The van der Waals surface area contributed by atoms with E-state index in [1.54, 1.807) is 11.8 Å². The first kappa shape index (κ1) is 12.1. The van der Waals surface area contributed by atoms with Gasteiger partial charge in [0.05, 0.1) is 0 Å². The zero-order valence-corrected chi connectivity index (χ0v) is 8.80. The van der Waals surface area contributed by atoms with Gasteiger partial charge >= 0.3 is 0 Å². The van der Waals surface area contributed by atoms with Crippen molar-refractivity contribution >= 4 is 11.7 Å². The summed E-state index contributed by atoms with van der Waals surface area (Å²) in [6, 6.07) is 0. The fourth-order valence-corrected chi connectivity index (χ4v) is 1.20. The Morgan fingerprint density at radius 2 is 1.85 bits per heavy atom. The van der Waals surface area contributed by atoms with Gasteiger partial charge in [-0.2, -0.15) is 0 Å². The Hall–Kier alpha value is -0.860. The summed E-state index contributed by atoms with van der Waals surface area (Å²) in [5, 5.41) is 0. The van der Waals surface area contributed by atoms with Crippen LogP contribution in [-0.4, -0.2) is 29.7 Å². The number of Topliss-reactive ketones (excluding diaryl/α,β-unsaturated/α-hetero) is 1. The van der Waals surface area contributed by atoms with Gasteiger partial charge in [-0.1, -0.05) is 6.92 Å². The molecule has 1 amide bonds. The summed E-state index contributed by atoms with van der Waals surface area (Å²) in [4.78, 5) is 23.7. The lowest BCUT2D eigenvalue weighted by molar-refractivity contribution is -0.131. The van der Waals surface area contributed by atoms with E-state index >= 15 is 0 Å². The first-order valence-electron chi connectivity index (χ1n) is 4.89. The Balaban J connectivity index is 3.72. The predicted octanol–water partition coefficient (Wildman–Crippen LogP) is 1.61. The third-order valence-electron chi connectivity index (χ3n) is 1.99. The fourth-order valence-electron chi connectivity index (χ4n) is 1.20. The van der Waals surface area contributed by atoms with E-state index in [4.69, 9.17) is 0 Å². The van der Waals surface area contributed by atoms with Crippen molar-refractivity contribution in [3.05, 3.63) is 0 Å². The second-order valence-corrected chi connectivity index (χ2v) is 3.13. The molecule has 0 heterocycles. The molecule has 0 radical (unpaired) electrons. The summed E-state index contributed by atoms with van der Waals surface area (Å²) in [6.07, 6.45) is 1.91. The number of hydrogen-bond donors (Lipinski definition) is 0. The number of carbonyl (C=O) groups excluding carboxylic acids is 2. The molecule has 0 aromatic heterocycles. The predicted molar refractivity (Wildman–Crippen MR) is 52.5 cm³/mol. The lowest BCUT2D eigenvalue weighted by Crippen LogP contribution is -2.31. The van der Waals surface area contributed by atoms with Gasteiger partial charge in [0.2, 0.25) is 5.91 Å². The molecule has 0 saturated carbocycles. The highest BCUT2D eigenvalue weighted by atomic mass is 16.2. The van der Waals surface area contributed by atoms with Gasteiger partial charge in [0.15, 0.2) is 0 Å². The first-order valence-corrected chi connectivity index (χ1v) is 4.89. The van der Waals surface area contributed by atoms with Crippen molar-refractivity contribution in [2.45, 2.75) is 40.0 Å². The second kappa shape index (κ2) is 6.63. The highest BCUT2D eigenvalue weighted by Crippen LogP contribution is 1.98. The molecule has 0 aliphatic rings. The largest absolute Gasteiger partial charge is 0.343 e. The number of ketones is 1. The summed E-state index contributed by atoms with van der Waals surface area (Å²) >= 11 is 0. The molecule has 0 rings (SSSR count). The standard InChI is InChI=1S/C10H19NO2/c1-4-10(13)11(5-2)8-6-7-9(3)12/h4-8H2,1-3H3. The van der Waals surface area contributed by atoms with Gasteiger partial charge in [0.1, 0.15) is 5.78 Å². The Labute approximate surface area is 80.1 Å². The molecular weight excluding hydrogens is 166 g/mol. The smallest absolute Gasteiger partial charge is 0.222 e. The third kappa shape index (κ3) is 5.39. The average molecular weight is 185 g/mol. The van der Waals surface area contributed by atoms with Gasteiger partial charge in [-0.3, -0.25) is 4.79 Å². The number of carbonyl (C=O) groups is 2. The molecule has 0 fully saturated rings. The van der Waals surface area contributed by atoms with Crippen LogP contribution in [0.25, 0.3) is 0 Å². The molecule has 0 aromatic rings. The van der Waals surface area contributed by atoms with Crippen molar-refractivity contribution in [2.75, 3.05) is 13.1 Å². The molecule has 3 nitrogen and oxygen atoms in total. The van der Waals surface area contributed by atoms with Crippen LogP contribution in [0.4, 0.5) is 0 Å². The van der Waals surface area contributed by atoms with Crippen LogP contribution >= 0.6 is 0 Å². The van der Waals surface area contributed by atoms with Crippen LogP contribution in [-0.2, 0) is 9.59 Å². The SMILES string of the molecule is CCC(=O)N(CC)CCCC(C)=O. The highest BCUT2D eigenvalue weighted by Gasteiger charge is 2.08. The summed E-state index contributed by atoms with van der Waals surface area (Å²) in [7, 11) is 0. The van der Waals surface area contributed by atoms with Crippen molar-refractivity contribution in [1.29, 1.82) is 0 Å². The van der Waals surface area contributed by atoms with E-state index in [1.165, 1.54) is 0 Å². The normalized spacial score (nSPS) is 9.77. The maximum absolute atomic E-state index is 11.3. The van der Waals surface area contributed by atoms with Gasteiger partial charge in [-0.05, 0) is 20.3 Å². The van der Waals surface area contributed by atoms with Crippen LogP contribution in [0.5, 0.6) is 0 Å². The Kier molecular flexibility index (Phi) is 6.20. The minimum absolute atomic E-state index is 0.172. The number of rotatable bonds is 6. The number of amides is 1. The van der Waals surface area contributed by atoms with Gasteiger partial charge in [0, 0.05) is 25.9 Å². The molecule has 0 unspecified atom stereocenters. The van der Waals surface area contributed by atoms with Crippen LogP contribution in [0.3, 0.4) is 0 Å².